The zero-order chi connectivity index (χ0) is 17.5. The number of rotatable bonds is 7. The highest BCUT2D eigenvalue weighted by atomic mass is 16.6. The fourth-order valence-electron chi connectivity index (χ4n) is 2.52. The maximum absolute atomic E-state index is 12.1. The molecule has 1 amide bonds. The first-order valence-electron chi connectivity index (χ1n) is 8.37. The van der Waals surface area contributed by atoms with Crippen LogP contribution in [0.3, 0.4) is 0 Å². The van der Waals surface area contributed by atoms with Crippen molar-refractivity contribution in [2.45, 2.75) is 13.0 Å². The molecule has 25 heavy (non-hydrogen) atoms. The van der Waals surface area contributed by atoms with Crippen molar-refractivity contribution in [3.63, 3.8) is 0 Å². The van der Waals surface area contributed by atoms with Gasteiger partial charge in [0.25, 0.3) is 0 Å². The number of ether oxygens (including phenoxy) is 3. The molecule has 0 unspecified atom stereocenters. The van der Waals surface area contributed by atoms with E-state index in [4.69, 9.17) is 14.2 Å². The third kappa shape index (κ3) is 4.56. The van der Waals surface area contributed by atoms with E-state index in [1.807, 2.05) is 55.5 Å². The van der Waals surface area contributed by atoms with Crippen molar-refractivity contribution >= 4 is 11.6 Å². The summed E-state index contributed by atoms with van der Waals surface area (Å²) in [5, 5.41) is 5.95. The molecule has 6 nitrogen and oxygen atoms in total. The van der Waals surface area contributed by atoms with Gasteiger partial charge in [0, 0.05) is 0 Å². The molecule has 0 aliphatic carbocycles. The average Bonchev–Trinajstić information content (AvgIpc) is 2.66. The van der Waals surface area contributed by atoms with Crippen LogP contribution < -0.4 is 24.8 Å². The van der Waals surface area contributed by atoms with Crippen molar-refractivity contribution in [3.8, 4) is 17.2 Å². The summed E-state index contributed by atoms with van der Waals surface area (Å²) >= 11 is 0. The summed E-state index contributed by atoms with van der Waals surface area (Å²) < 4.78 is 17.0. The minimum atomic E-state index is -0.199. The lowest BCUT2D eigenvalue weighted by molar-refractivity contribution is -0.119. The third-order valence-corrected chi connectivity index (χ3v) is 3.72. The molecule has 2 aromatic carbocycles. The number of anilines is 1. The molecule has 1 atom stereocenters. The van der Waals surface area contributed by atoms with E-state index in [2.05, 4.69) is 10.6 Å². The van der Waals surface area contributed by atoms with Crippen molar-refractivity contribution in [2.24, 2.45) is 0 Å². The zero-order valence-corrected chi connectivity index (χ0v) is 14.2. The summed E-state index contributed by atoms with van der Waals surface area (Å²) in [4.78, 5) is 12.1. The van der Waals surface area contributed by atoms with Crippen LogP contribution in [-0.4, -0.2) is 38.3 Å². The molecule has 0 saturated carbocycles. The summed E-state index contributed by atoms with van der Waals surface area (Å²) in [6.45, 7) is 3.47. The number of hydrogen-bond acceptors (Lipinski definition) is 5. The smallest absolute Gasteiger partial charge is 0.239 e. The van der Waals surface area contributed by atoms with Gasteiger partial charge in [0.2, 0.25) is 5.91 Å². The third-order valence-electron chi connectivity index (χ3n) is 3.72. The Morgan fingerprint density at radius 1 is 1.16 bits per heavy atom. The van der Waals surface area contributed by atoms with Gasteiger partial charge in [0.05, 0.1) is 25.4 Å². The topological polar surface area (TPSA) is 68.8 Å². The number of fused-ring (bicyclic) bond motifs is 1. The van der Waals surface area contributed by atoms with E-state index in [0.29, 0.717) is 25.5 Å². The van der Waals surface area contributed by atoms with Gasteiger partial charge >= 0.3 is 0 Å². The number of benzene rings is 2. The number of hydrogen-bond donors (Lipinski definition) is 2. The van der Waals surface area contributed by atoms with Gasteiger partial charge in [-0.05, 0) is 31.2 Å². The predicted molar refractivity (Wildman–Crippen MR) is 95.5 cm³/mol. The van der Waals surface area contributed by atoms with E-state index in [9.17, 15) is 4.79 Å². The molecule has 1 heterocycles. The molecule has 0 radical (unpaired) electrons. The second kappa shape index (κ2) is 8.28. The second-order valence-electron chi connectivity index (χ2n) is 5.58. The first-order valence-corrected chi connectivity index (χ1v) is 8.37. The molecular formula is C19H22N2O4. The Bertz CT molecular complexity index is 720. The highest BCUT2D eigenvalue weighted by Gasteiger charge is 2.20. The standard InChI is InChI=1S/C19H22N2O4/c1-2-23-16-8-4-3-7-15(16)20-12-19(22)21-11-14-13-24-17-9-5-6-10-18(17)25-14/h3-10,14,20H,2,11-13H2,1H3,(H,21,22)/t14-/m1/s1. The van der Waals surface area contributed by atoms with E-state index in [1.54, 1.807) is 0 Å². The van der Waals surface area contributed by atoms with Crippen LogP contribution in [0, 0.1) is 0 Å². The number of carbonyl (C=O) groups is 1. The van der Waals surface area contributed by atoms with Crippen LogP contribution in [0.25, 0.3) is 0 Å². The summed E-state index contributed by atoms with van der Waals surface area (Å²) in [5.74, 6) is 2.06. The highest BCUT2D eigenvalue weighted by Crippen LogP contribution is 2.30. The Hall–Kier alpha value is -2.89. The minimum Gasteiger partial charge on any atom is -0.492 e. The Balaban J connectivity index is 1.45. The highest BCUT2D eigenvalue weighted by molar-refractivity contribution is 5.81. The van der Waals surface area contributed by atoms with Gasteiger partial charge in [-0.3, -0.25) is 4.79 Å². The molecular weight excluding hydrogens is 320 g/mol. The Morgan fingerprint density at radius 3 is 2.76 bits per heavy atom. The molecule has 1 aliphatic rings. The lowest BCUT2D eigenvalue weighted by Gasteiger charge is -2.26. The predicted octanol–water partition coefficient (Wildman–Crippen LogP) is 2.45. The van der Waals surface area contributed by atoms with Gasteiger partial charge in [-0.2, -0.15) is 0 Å². The van der Waals surface area contributed by atoms with Crippen LogP contribution in [0.4, 0.5) is 5.69 Å². The summed E-state index contributed by atoms with van der Waals surface area (Å²) in [7, 11) is 0. The SMILES string of the molecule is CCOc1ccccc1NCC(=O)NC[C@@H]1COc2ccccc2O1. The van der Waals surface area contributed by atoms with E-state index < -0.39 is 0 Å². The summed E-state index contributed by atoms with van der Waals surface area (Å²) in [6.07, 6.45) is -0.199. The van der Waals surface area contributed by atoms with Gasteiger partial charge in [-0.1, -0.05) is 24.3 Å². The maximum atomic E-state index is 12.1. The van der Waals surface area contributed by atoms with Crippen LogP contribution in [0.5, 0.6) is 17.2 Å². The molecule has 0 fully saturated rings. The first-order chi connectivity index (χ1) is 12.3. The summed E-state index contributed by atoms with van der Waals surface area (Å²) in [5.41, 5.74) is 0.797. The largest absolute Gasteiger partial charge is 0.492 e. The lowest BCUT2D eigenvalue weighted by Crippen LogP contribution is -2.42. The Kier molecular flexibility index (Phi) is 5.61. The van der Waals surface area contributed by atoms with E-state index in [0.717, 1.165) is 17.2 Å². The number of amides is 1. The monoisotopic (exact) mass is 342 g/mol. The van der Waals surface area contributed by atoms with Crippen LogP contribution in [0.1, 0.15) is 6.92 Å². The van der Waals surface area contributed by atoms with Crippen molar-refractivity contribution in [3.05, 3.63) is 48.5 Å². The lowest BCUT2D eigenvalue weighted by atomic mass is 10.2. The molecule has 132 valence electrons. The molecule has 1 aliphatic heterocycles. The van der Waals surface area contributed by atoms with Crippen LogP contribution in [-0.2, 0) is 4.79 Å². The van der Waals surface area contributed by atoms with Crippen molar-refractivity contribution in [1.82, 2.24) is 5.32 Å². The van der Waals surface area contributed by atoms with E-state index in [1.165, 1.54) is 0 Å². The van der Waals surface area contributed by atoms with Crippen molar-refractivity contribution in [1.29, 1.82) is 0 Å². The van der Waals surface area contributed by atoms with Crippen LogP contribution >= 0.6 is 0 Å². The number of para-hydroxylation sites is 4. The normalized spacial score (nSPS) is 15.3. The van der Waals surface area contributed by atoms with Crippen molar-refractivity contribution < 1.29 is 19.0 Å². The zero-order valence-electron chi connectivity index (χ0n) is 14.2. The molecule has 0 aromatic heterocycles. The molecule has 0 bridgehead atoms. The maximum Gasteiger partial charge on any atom is 0.239 e. The fraction of sp³-hybridized carbons (Fsp3) is 0.316. The molecule has 0 saturated heterocycles. The van der Waals surface area contributed by atoms with Crippen molar-refractivity contribution in [2.75, 3.05) is 31.6 Å². The molecule has 6 heteroatoms. The van der Waals surface area contributed by atoms with Crippen LogP contribution in [0.15, 0.2) is 48.5 Å². The quantitative estimate of drug-likeness (QED) is 0.809. The fourth-order valence-corrected chi connectivity index (χ4v) is 2.52. The van der Waals surface area contributed by atoms with Gasteiger partial charge in [0.1, 0.15) is 18.5 Å². The molecule has 3 rings (SSSR count). The Morgan fingerprint density at radius 2 is 1.92 bits per heavy atom. The van der Waals surface area contributed by atoms with E-state index >= 15 is 0 Å². The van der Waals surface area contributed by atoms with Gasteiger partial charge in [-0.15, -0.1) is 0 Å². The second-order valence-corrected chi connectivity index (χ2v) is 5.58. The van der Waals surface area contributed by atoms with E-state index in [-0.39, 0.29) is 18.6 Å². The first kappa shape index (κ1) is 17.0. The number of nitrogens with one attached hydrogen (secondary N) is 2. The Labute approximate surface area is 147 Å². The molecule has 0 spiro atoms. The van der Waals surface area contributed by atoms with Crippen LogP contribution in [0.2, 0.25) is 0 Å². The minimum absolute atomic E-state index is 0.117. The number of carbonyl (C=O) groups excluding carboxylic acids is 1. The molecule has 2 N–H and O–H groups in total. The summed E-state index contributed by atoms with van der Waals surface area (Å²) in [6, 6.07) is 15.1. The van der Waals surface area contributed by atoms with Gasteiger partial charge in [-0.25, -0.2) is 0 Å². The molecule has 2 aromatic rings. The average molecular weight is 342 g/mol. The van der Waals surface area contributed by atoms with Gasteiger partial charge in [0.15, 0.2) is 11.5 Å². The van der Waals surface area contributed by atoms with Gasteiger partial charge < -0.3 is 24.8 Å².